The van der Waals surface area contributed by atoms with Crippen LogP contribution in [0.15, 0.2) is 0 Å². The van der Waals surface area contributed by atoms with Gasteiger partial charge in [0.05, 0.1) is 31.4 Å². The van der Waals surface area contributed by atoms with Crippen molar-refractivity contribution >= 4 is 41.9 Å². The van der Waals surface area contributed by atoms with Crippen molar-refractivity contribution < 1.29 is 53.2 Å². The molecule has 0 aromatic rings. The molecule has 14 heteroatoms. The number of nitrogens with one attached hydrogen (secondary N) is 3. The Kier molecular flexibility index (Phi) is 45.6. The molecule has 0 aliphatic rings. The minimum Gasteiger partial charge on any atom is -0.481 e. The van der Waals surface area contributed by atoms with Gasteiger partial charge in [0.25, 0.3) is 0 Å². The molecule has 14 nitrogen and oxygen atoms in total. The molecular formula is C55H101N3O11. The van der Waals surface area contributed by atoms with Gasteiger partial charge < -0.3 is 40.4 Å². The fourth-order valence-corrected chi connectivity index (χ4v) is 8.49. The quantitative estimate of drug-likeness (QED) is 0.0220. The average molecular weight is 980 g/mol. The normalized spacial score (nSPS) is 12.9. The van der Waals surface area contributed by atoms with Crippen molar-refractivity contribution in [1.82, 2.24) is 16.0 Å². The molecule has 4 atom stereocenters. The molecule has 0 heterocycles. The molecule has 0 radical (unpaired) electrons. The Morgan fingerprint density at radius 3 is 1.49 bits per heavy atom. The first-order valence-electron chi connectivity index (χ1n) is 28.0. The van der Waals surface area contributed by atoms with Gasteiger partial charge in [-0.1, -0.05) is 181 Å². The van der Waals surface area contributed by atoms with Gasteiger partial charge in [-0.25, -0.2) is 0 Å². The summed E-state index contributed by atoms with van der Waals surface area (Å²) in [5, 5.41) is 28.4. The van der Waals surface area contributed by atoms with Gasteiger partial charge >= 0.3 is 17.9 Å². The molecule has 0 saturated carbocycles. The van der Waals surface area contributed by atoms with E-state index in [1.807, 2.05) is 0 Å². The predicted octanol–water partition coefficient (Wildman–Crippen LogP) is 11.4. The summed E-state index contributed by atoms with van der Waals surface area (Å²) in [6.45, 7) is 6.56. The maximum Gasteiger partial charge on any atom is 0.306 e. The van der Waals surface area contributed by atoms with E-state index in [1.165, 1.54) is 103 Å². The minimum absolute atomic E-state index is 0.0791. The summed E-state index contributed by atoms with van der Waals surface area (Å²) < 4.78 is 11.3. The smallest absolute Gasteiger partial charge is 0.306 e. The van der Waals surface area contributed by atoms with Crippen LogP contribution >= 0.6 is 0 Å². The van der Waals surface area contributed by atoms with Gasteiger partial charge in [-0.15, -0.1) is 0 Å². The second kappa shape index (κ2) is 48.1. The van der Waals surface area contributed by atoms with E-state index < -0.39 is 54.5 Å². The van der Waals surface area contributed by atoms with Crippen molar-refractivity contribution in [3.05, 3.63) is 0 Å². The van der Waals surface area contributed by atoms with Crippen LogP contribution < -0.4 is 16.0 Å². The van der Waals surface area contributed by atoms with Crippen molar-refractivity contribution in [1.29, 1.82) is 0 Å². The number of carbonyl (C=O) groups is 7. The topological polar surface area (TPSA) is 214 Å². The number of hydrogen-bond donors (Lipinski definition) is 5. The summed E-state index contributed by atoms with van der Waals surface area (Å²) in [5.74, 6) is -3.74. The Morgan fingerprint density at radius 1 is 0.507 bits per heavy atom. The number of aliphatic hydroxyl groups excluding tert-OH is 1. The number of carboxylic acid groups (broad SMARTS) is 1. The molecule has 69 heavy (non-hydrogen) atoms. The highest BCUT2D eigenvalue weighted by molar-refractivity contribution is 5.90. The molecule has 3 amide bonds. The second-order valence-corrected chi connectivity index (χ2v) is 19.5. The van der Waals surface area contributed by atoms with Crippen molar-refractivity contribution in [2.75, 3.05) is 13.2 Å². The monoisotopic (exact) mass is 980 g/mol. The Bertz CT molecular complexity index is 1320. The van der Waals surface area contributed by atoms with E-state index in [2.05, 4.69) is 36.7 Å². The maximum absolute atomic E-state index is 13.4. The molecule has 402 valence electrons. The van der Waals surface area contributed by atoms with Crippen molar-refractivity contribution in [3.63, 3.8) is 0 Å². The molecule has 0 aromatic heterocycles. The Balaban J connectivity index is 5.33. The molecule has 0 aliphatic heterocycles. The van der Waals surface area contributed by atoms with E-state index >= 15 is 0 Å². The van der Waals surface area contributed by atoms with Crippen LogP contribution in [0.1, 0.15) is 271 Å². The highest BCUT2D eigenvalue weighted by Gasteiger charge is 2.26. The molecule has 0 rings (SSSR count). The molecule has 0 bridgehead atoms. The lowest BCUT2D eigenvalue weighted by atomic mass is 10.0. The Morgan fingerprint density at radius 2 is 0.971 bits per heavy atom. The van der Waals surface area contributed by atoms with Crippen LogP contribution in [0.4, 0.5) is 0 Å². The predicted molar refractivity (Wildman–Crippen MR) is 275 cm³/mol. The maximum atomic E-state index is 13.4. The summed E-state index contributed by atoms with van der Waals surface area (Å²) in [4.78, 5) is 87.6. The van der Waals surface area contributed by atoms with E-state index in [4.69, 9.17) is 9.47 Å². The van der Waals surface area contributed by atoms with Crippen LogP contribution in [0.3, 0.4) is 0 Å². The number of aliphatic hydroxyl groups is 1. The van der Waals surface area contributed by atoms with E-state index in [-0.39, 0.29) is 50.7 Å². The Hall–Kier alpha value is -3.55. The van der Waals surface area contributed by atoms with Gasteiger partial charge in [0.15, 0.2) is 0 Å². The van der Waals surface area contributed by atoms with Gasteiger partial charge in [0.2, 0.25) is 17.7 Å². The number of aliphatic carboxylic acids is 1. The summed E-state index contributed by atoms with van der Waals surface area (Å²) in [5.41, 5.74) is 0. The highest BCUT2D eigenvalue weighted by atomic mass is 16.5. The first kappa shape index (κ1) is 65.5. The fraction of sp³-hybridized carbons (Fsp3) is 0.873. The second-order valence-electron chi connectivity index (χ2n) is 19.5. The molecule has 0 aliphatic carbocycles. The lowest BCUT2D eigenvalue weighted by molar-refractivity contribution is -0.151. The van der Waals surface area contributed by atoms with Crippen LogP contribution in [0.5, 0.6) is 0 Å². The zero-order valence-corrected chi connectivity index (χ0v) is 43.9. The van der Waals surface area contributed by atoms with Crippen LogP contribution in [0.2, 0.25) is 0 Å². The van der Waals surface area contributed by atoms with E-state index in [1.54, 1.807) is 0 Å². The number of amides is 3. The van der Waals surface area contributed by atoms with Gasteiger partial charge in [-0.3, -0.25) is 28.8 Å². The lowest BCUT2D eigenvalue weighted by Gasteiger charge is -2.22. The van der Waals surface area contributed by atoms with Gasteiger partial charge in [-0.05, 0) is 51.4 Å². The van der Waals surface area contributed by atoms with Crippen LogP contribution in [0, 0.1) is 0 Å². The molecule has 0 aromatic carbocycles. The van der Waals surface area contributed by atoms with E-state index in [0.29, 0.717) is 44.9 Å². The third kappa shape index (κ3) is 44.2. The van der Waals surface area contributed by atoms with Crippen LogP contribution in [0.25, 0.3) is 0 Å². The molecule has 0 saturated heterocycles. The largest absolute Gasteiger partial charge is 0.481 e. The first-order valence-corrected chi connectivity index (χ1v) is 28.0. The molecule has 0 fully saturated rings. The van der Waals surface area contributed by atoms with E-state index in [0.717, 1.165) is 76.9 Å². The van der Waals surface area contributed by atoms with Crippen LogP contribution in [-0.4, -0.2) is 89.6 Å². The summed E-state index contributed by atoms with van der Waals surface area (Å²) in [6, 6.07) is -1.99. The van der Waals surface area contributed by atoms with E-state index in [9.17, 15) is 43.8 Å². The summed E-state index contributed by atoms with van der Waals surface area (Å²) in [6.07, 6.45) is 32.2. The SMILES string of the molecule is CCCCCCCCCCCC(=O)O[C@H](CCCCCCCCCCC)CC(=O)N[C@H](CC(=O)O)C(=O)NCCC[C@H](COC(=O)CCCCC=O)NC(=O)C[C@H](O)CCCCCCCCCCC. The number of hydrogen-bond acceptors (Lipinski definition) is 10. The number of carbonyl (C=O) groups excluding carboxylic acids is 6. The zero-order chi connectivity index (χ0) is 51.0. The molecule has 0 spiro atoms. The van der Waals surface area contributed by atoms with Crippen molar-refractivity contribution in [3.8, 4) is 0 Å². The third-order valence-electron chi connectivity index (χ3n) is 12.7. The Labute approximate surface area is 418 Å². The standard InChI is InChI=1S/C55H101N3O11/c1-4-7-10-13-16-19-22-25-29-36-47(60)42-50(61)57-46(45-68-53(65)38-32-28-33-41-59)35-34-40-56-55(67)49(44-52(63)64)58-51(62)43-48(37-30-26-23-20-17-14-11-8-5-2)69-54(66)39-31-27-24-21-18-15-12-9-6-3/h41,46-49,60H,4-40,42-45H2,1-3H3,(H,56,67)(H,57,61)(H,58,62)(H,63,64)/t46-,47-,48-,49-/m1/s1. The number of carboxylic acids is 1. The summed E-state index contributed by atoms with van der Waals surface area (Å²) in [7, 11) is 0. The number of aldehydes is 1. The molecule has 0 unspecified atom stereocenters. The highest BCUT2D eigenvalue weighted by Crippen LogP contribution is 2.18. The van der Waals surface area contributed by atoms with Gasteiger partial charge in [0.1, 0.15) is 25.0 Å². The third-order valence-corrected chi connectivity index (χ3v) is 12.7. The molecular weight excluding hydrogens is 879 g/mol. The zero-order valence-electron chi connectivity index (χ0n) is 43.9. The fourth-order valence-electron chi connectivity index (χ4n) is 8.49. The lowest BCUT2D eigenvalue weighted by Crippen LogP contribution is -2.49. The summed E-state index contributed by atoms with van der Waals surface area (Å²) >= 11 is 0. The van der Waals surface area contributed by atoms with Crippen molar-refractivity contribution in [2.24, 2.45) is 0 Å². The van der Waals surface area contributed by atoms with Gasteiger partial charge in [0, 0.05) is 25.8 Å². The number of esters is 2. The number of rotatable bonds is 51. The van der Waals surface area contributed by atoms with Crippen LogP contribution in [-0.2, 0) is 43.0 Å². The van der Waals surface area contributed by atoms with Crippen molar-refractivity contribution in [2.45, 2.75) is 295 Å². The minimum atomic E-state index is -1.37. The molecule has 5 N–H and O–H groups in total. The number of ether oxygens (including phenoxy) is 2. The number of unbranched alkanes of at least 4 members (excludes halogenated alkanes) is 26. The average Bonchev–Trinajstić information content (AvgIpc) is 3.31. The van der Waals surface area contributed by atoms with Gasteiger partial charge in [-0.2, -0.15) is 0 Å². The first-order chi connectivity index (χ1) is 33.4.